The molecule has 0 aliphatic heterocycles. The van der Waals surface area contributed by atoms with Crippen LogP contribution in [0.25, 0.3) is 0 Å². The van der Waals surface area contributed by atoms with Crippen LogP contribution < -0.4 is 5.32 Å². The Hall–Kier alpha value is -0.810. The van der Waals surface area contributed by atoms with Crippen LogP contribution in [0, 0.1) is 6.92 Å². The second-order valence-corrected chi connectivity index (χ2v) is 3.85. The van der Waals surface area contributed by atoms with Crippen LogP contribution in [-0.4, -0.2) is 36.5 Å². The van der Waals surface area contributed by atoms with Gasteiger partial charge in [-0.15, -0.1) is 11.8 Å². The molecule has 1 aromatic heterocycles. The summed E-state index contributed by atoms with van der Waals surface area (Å²) >= 11 is 1.67. The normalized spacial score (nSPS) is 10.2. The van der Waals surface area contributed by atoms with Crippen molar-refractivity contribution in [1.29, 1.82) is 0 Å². The Morgan fingerprint density at radius 2 is 2.29 bits per heavy atom. The van der Waals surface area contributed by atoms with Gasteiger partial charge < -0.3 is 10.1 Å². The molecule has 0 aliphatic rings. The lowest BCUT2D eigenvalue weighted by Crippen LogP contribution is -1.99. The molecular weight excluding hydrogens is 198 g/mol. The number of anilines is 1. The summed E-state index contributed by atoms with van der Waals surface area (Å²) in [4.78, 5) is 8.52. The first-order chi connectivity index (χ1) is 6.76. The highest BCUT2D eigenvalue weighted by Crippen LogP contribution is 2.17. The Balaban J connectivity index is 2.62. The van der Waals surface area contributed by atoms with Crippen LogP contribution in [0.3, 0.4) is 0 Å². The molecule has 0 spiro atoms. The van der Waals surface area contributed by atoms with Crippen molar-refractivity contribution in [3.8, 4) is 0 Å². The van der Waals surface area contributed by atoms with E-state index in [1.807, 2.05) is 20.0 Å². The standard InChI is InChI=1S/C9H15N3OS/c1-7-11-8(10-2)6-9(12-7)14-5-4-13-3/h6H,4-5H2,1-3H3,(H,10,11,12). The van der Waals surface area contributed by atoms with E-state index in [4.69, 9.17) is 4.74 Å². The Morgan fingerprint density at radius 3 is 2.93 bits per heavy atom. The summed E-state index contributed by atoms with van der Waals surface area (Å²) in [6.45, 7) is 2.63. The molecule has 0 atom stereocenters. The van der Waals surface area contributed by atoms with Crippen LogP contribution in [0.2, 0.25) is 0 Å². The Kier molecular flexibility index (Phi) is 4.69. The van der Waals surface area contributed by atoms with Gasteiger partial charge in [0.05, 0.1) is 6.61 Å². The van der Waals surface area contributed by atoms with Crippen LogP contribution in [0.15, 0.2) is 11.1 Å². The van der Waals surface area contributed by atoms with Crippen molar-refractivity contribution in [1.82, 2.24) is 9.97 Å². The van der Waals surface area contributed by atoms with Gasteiger partial charge in [-0.25, -0.2) is 9.97 Å². The zero-order valence-electron chi connectivity index (χ0n) is 8.70. The molecular formula is C9H15N3OS. The minimum absolute atomic E-state index is 0.739. The number of ether oxygens (including phenoxy) is 1. The number of hydrogen-bond acceptors (Lipinski definition) is 5. The number of hydrogen-bond donors (Lipinski definition) is 1. The van der Waals surface area contributed by atoms with Crippen molar-refractivity contribution in [2.45, 2.75) is 11.9 Å². The van der Waals surface area contributed by atoms with E-state index in [9.17, 15) is 0 Å². The topological polar surface area (TPSA) is 47.0 Å². The molecule has 1 heterocycles. The summed E-state index contributed by atoms with van der Waals surface area (Å²) in [5.74, 6) is 2.56. The van der Waals surface area contributed by atoms with Crippen molar-refractivity contribution < 1.29 is 4.74 Å². The monoisotopic (exact) mass is 213 g/mol. The molecule has 0 unspecified atom stereocenters. The molecule has 0 fully saturated rings. The van der Waals surface area contributed by atoms with Gasteiger partial charge in [0.15, 0.2) is 0 Å². The molecule has 0 aromatic carbocycles. The zero-order valence-corrected chi connectivity index (χ0v) is 9.52. The largest absolute Gasteiger partial charge is 0.384 e. The first-order valence-corrected chi connectivity index (χ1v) is 5.40. The van der Waals surface area contributed by atoms with E-state index >= 15 is 0 Å². The molecule has 1 aromatic rings. The lowest BCUT2D eigenvalue weighted by Gasteiger charge is -2.04. The van der Waals surface area contributed by atoms with Gasteiger partial charge in [0.2, 0.25) is 0 Å². The highest BCUT2D eigenvalue weighted by molar-refractivity contribution is 7.99. The fourth-order valence-corrected chi connectivity index (χ4v) is 1.82. The van der Waals surface area contributed by atoms with E-state index in [2.05, 4.69) is 15.3 Å². The highest BCUT2D eigenvalue weighted by Gasteiger charge is 2.00. The van der Waals surface area contributed by atoms with Crippen LogP contribution in [0.4, 0.5) is 5.82 Å². The van der Waals surface area contributed by atoms with E-state index in [1.54, 1.807) is 18.9 Å². The summed E-state index contributed by atoms with van der Waals surface area (Å²) in [6, 6.07) is 1.94. The molecule has 0 amide bonds. The highest BCUT2D eigenvalue weighted by atomic mass is 32.2. The van der Waals surface area contributed by atoms with E-state index in [0.717, 1.165) is 29.0 Å². The third kappa shape index (κ3) is 3.51. The van der Waals surface area contributed by atoms with Gasteiger partial charge in [-0.05, 0) is 6.92 Å². The smallest absolute Gasteiger partial charge is 0.130 e. The third-order valence-electron chi connectivity index (χ3n) is 1.61. The van der Waals surface area contributed by atoms with Gasteiger partial charge in [0.1, 0.15) is 16.7 Å². The predicted molar refractivity (Wildman–Crippen MR) is 58.9 cm³/mol. The predicted octanol–water partition coefficient (Wildman–Crippen LogP) is 1.57. The van der Waals surface area contributed by atoms with Gasteiger partial charge in [-0.2, -0.15) is 0 Å². The molecule has 78 valence electrons. The first kappa shape index (κ1) is 11.3. The van der Waals surface area contributed by atoms with Crippen molar-refractivity contribution >= 4 is 17.6 Å². The fourth-order valence-electron chi connectivity index (χ4n) is 0.972. The number of thioether (sulfide) groups is 1. The SMILES string of the molecule is CNc1cc(SCCOC)nc(C)n1. The van der Waals surface area contributed by atoms with Gasteiger partial charge in [0.25, 0.3) is 0 Å². The second-order valence-electron chi connectivity index (χ2n) is 2.73. The van der Waals surface area contributed by atoms with E-state index in [-0.39, 0.29) is 0 Å². The number of aryl methyl sites for hydroxylation is 1. The number of nitrogens with zero attached hydrogens (tertiary/aromatic N) is 2. The molecule has 0 saturated heterocycles. The van der Waals surface area contributed by atoms with E-state index < -0.39 is 0 Å². The fraction of sp³-hybridized carbons (Fsp3) is 0.556. The van der Waals surface area contributed by atoms with Crippen molar-refractivity contribution in [3.63, 3.8) is 0 Å². The minimum Gasteiger partial charge on any atom is -0.384 e. The van der Waals surface area contributed by atoms with Crippen molar-refractivity contribution in [2.24, 2.45) is 0 Å². The van der Waals surface area contributed by atoms with E-state index in [0.29, 0.717) is 0 Å². The maximum absolute atomic E-state index is 4.97. The maximum atomic E-state index is 4.97. The number of methoxy groups -OCH3 is 1. The summed E-state index contributed by atoms with van der Waals surface area (Å²) in [5, 5.41) is 3.99. The Morgan fingerprint density at radius 1 is 1.50 bits per heavy atom. The quantitative estimate of drug-likeness (QED) is 0.457. The molecule has 0 aliphatic carbocycles. The molecule has 1 N–H and O–H groups in total. The summed E-state index contributed by atoms with van der Waals surface area (Å²) in [5.41, 5.74) is 0. The molecule has 0 bridgehead atoms. The Bertz CT molecular complexity index is 293. The summed E-state index contributed by atoms with van der Waals surface area (Å²) in [6.07, 6.45) is 0. The van der Waals surface area contributed by atoms with Gasteiger partial charge in [-0.1, -0.05) is 0 Å². The zero-order chi connectivity index (χ0) is 10.4. The average molecular weight is 213 g/mol. The van der Waals surface area contributed by atoms with Crippen molar-refractivity contribution in [2.75, 3.05) is 31.8 Å². The maximum Gasteiger partial charge on any atom is 0.130 e. The molecule has 4 nitrogen and oxygen atoms in total. The van der Waals surface area contributed by atoms with Crippen molar-refractivity contribution in [3.05, 3.63) is 11.9 Å². The number of rotatable bonds is 5. The first-order valence-electron chi connectivity index (χ1n) is 4.41. The van der Waals surface area contributed by atoms with Gasteiger partial charge >= 0.3 is 0 Å². The number of nitrogens with one attached hydrogen (secondary N) is 1. The molecule has 5 heteroatoms. The number of aromatic nitrogens is 2. The summed E-state index contributed by atoms with van der Waals surface area (Å²) in [7, 11) is 3.55. The average Bonchev–Trinajstić information content (AvgIpc) is 2.17. The Labute approximate surface area is 88.5 Å². The molecule has 1 rings (SSSR count). The van der Waals surface area contributed by atoms with E-state index in [1.165, 1.54) is 0 Å². The van der Waals surface area contributed by atoms with Crippen LogP contribution in [0.5, 0.6) is 0 Å². The lowest BCUT2D eigenvalue weighted by molar-refractivity contribution is 0.218. The van der Waals surface area contributed by atoms with Gasteiger partial charge in [-0.3, -0.25) is 0 Å². The summed E-state index contributed by atoms with van der Waals surface area (Å²) < 4.78 is 4.97. The van der Waals surface area contributed by atoms with Gasteiger partial charge in [0, 0.05) is 26.0 Å². The van der Waals surface area contributed by atoms with Crippen LogP contribution >= 0.6 is 11.8 Å². The molecule has 0 saturated carbocycles. The lowest BCUT2D eigenvalue weighted by atomic mass is 10.5. The van der Waals surface area contributed by atoms with Crippen LogP contribution in [-0.2, 0) is 4.74 Å². The third-order valence-corrected chi connectivity index (χ3v) is 2.48. The second kappa shape index (κ2) is 5.82. The van der Waals surface area contributed by atoms with Crippen LogP contribution in [0.1, 0.15) is 5.82 Å². The molecule has 0 radical (unpaired) electrons. The molecule has 14 heavy (non-hydrogen) atoms. The minimum atomic E-state index is 0.739.